The molecule has 6 nitrogen and oxygen atoms in total. The monoisotopic (exact) mass is 334 g/mol. The summed E-state index contributed by atoms with van der Waals surface area (Å²) >= 11 is 0. The fourth-order valence-electron chi connectivity index (χ4n) is 5.37. The number of carbonyl (C=O) groups is 1. The first kappa shape index (κ1) is 15.8. The zero-order valence-electron chi connectivity index (χ0n) is 14.0. The molecular weight excluding hydrogens is 312 g/mol. The highest BCUT2D eigenvalue weighted by Crippen LogP contribution is 2.61. The smallest absolute Gasteiger partial charge is 0.336 e. The third-order valence-corrected chi connectivity index (χ3v) is 6.65. The van der Waals surface area contributed by atoms with Gasteiger partial charge < -0.3 is 19.4 Å². The van der Waals surface area contributed by atoms with Crippen molar-refractivity contribution in [2.24, 2.45) is 11.3 Å². The maximum absolute atomic E-state index is 12.6. The Labute approximate surface area is 139 Å². The number of ether oxygens (including phenoxy) is 1. The normalized spacial score (nSPS) is 43.1. The van der Waals surface area contributed by atoms with Crippen LogP contribution in [-0.4, -0.2) is 34.5 Å². The minimum absolute atomic E-state index is 0.0758. The average Bonchev–Trinajstić information content (AvgIpc) is 2.79. The number of fused-ring (bicyclic) bond motifs is 2. The Hall–Kier alpha value is -1.66. The summed E-state index contributed by atoms with van der Waals surface area (Å²) in [6.45, 7) is 5.49. The lowest BCUT2D eigenvalue weighted by Crippen LogP contribution is -2.63. The van der Waals surface area contributed by atoms with Crippen LogP contribution >= 0.6 is 0 Å². The Morgan fingerprint density at radius 3 is 2.54 bits per heavy atom. The first-order valence-electron chi connectivity index (χ1n) is 8.48. The first-order valence-corrected chi connectivity index (χ1v) is 8.48. The van der Waals surface area contributed by atoms with Gasteiger partial charge in [0.15, 0.2) is 0 Å². The predicted octanol–water partition coefficient (Wildman–Crippen LogP) is 0.689. The molecule has 4 rings (SSSR count). The summed E-state index contributed by atoms with van der Waals surface area (Å²) in [6, 6.07) is 1.44. The molecule has 24 heavy (non-hydrogen) atoms. The molecule has 2 heterocycles. The second-order valence-electron chi connectivity index (χ2n) is 7.69. The van der Waals surface area contributed by atoms with Gasteiger partial charge in [0.05, 0.1) is 17.6 Å². The molecule has 0 unspecified atom stereocenters. The second kappa shape index (κ2) is 4.70. The number of aliphatic hydroxyl groups excluding tert-OH is 2. The van der Waals surface area contributed by atoms with E-state index in [1.807, 2.05) is 13.8 Å². The van der Waals surface area contributed by atoms with Crippen molar-refractivity contribution < 1.29 is 24.2 Å². The van der Waals surface area contributed by atoms with Crippen molar-refractivity contribution in [2.45, 2.75) is 63.8 Å². The summed E-state index contributed by atoms with van der Waals surface area (Å²) < 4.78 is 11.0. The van der Waals surface area contributed by atoms with Crippen LogP contribution in [0.3, 0.4) is 0 Å². The van der Waals surface area contributed by atoms with Crippen LogP contribution in [0, 0.1) is 11.3 Å². The zero-order valence-corrected chi connectivity index (χ0v) is 14.0. The maximum Gasteiger partial charge on any atom is 0.336 e. The standard InChI is InChI=1S/C18H22O6/c1-4-10-8-5-11-15-17(2,9(8)6-14(21)23-10)12(19)7-13(20)18(15,3)16(22)24-11/h6,11-13,15,19-20H,4-5,7H2,1-3H3/t11-,12-,13+,15-,17+,18+/m1/s1. The Kier molecular flexibility index (Phi) is 3.10. The van der Waals surface area contributed by atoms with Crippen molar-refractivity contribution in [3.8, 4) is 0 Å². The molecular formula is C18H22O6. The van der Waals surface area contributed by atoms with Crippen LogP contribution < -0.4 is 5.63 Å². The molecule has 6 atom stereocenters. The first-order chi connectivity index (χ1) is 11.2. The summed E-state index contributed by atoms with van der Waals surface area (Å²) in [6.07, 6.45) is -1.18. The Bertz CT molecular complexity index is 782. The lowest BCUT2D eigenvalue weighted by Gasteiger charge is -2.55. The summed E-state index contributed by atoms with van der Waals surface area (Å²) in [4.78, 5) is 24.6. The number of aliphatic hydroxyl groups is 2. The van der Waals surface area contributed by atoms with Crippen LogP contribution in [0.15, 0.2) is 15.3 Å². The maximum atomic E-state index is 12.6. The minimum Gasteiger partial charge on any atom is -0.461 e. The van der Waals surface area contributed by atoms with Gasteiger partial charge in [-0.2, -0.15) is 0 Å². The number of rotatable bonds is 1. The Balaban J connectivity index is 2.02. The molecule has 6 heteroatoms. The molecule has 130 valence electrons. The van der Waals surface area contributed by atoms with Gasteiger partial charge in [-0.25, -0.2) is 4.79 Å². The van der Waals surface area contributed by atoms with Gasteiger partial charge in [0.25, 0.3) is 0 Å². The van der Waals surface area contributed by atoms with E-state index >= 15 is 0 Å². The van der Waals surface area contributed by atoms with Gasteiger partial charge in [-0.3, -0.25) is 4.79 Å². The fourth-order valence-corrected chi connectivity index (χ4v) is 5.37. The zero-order chi connectivity index (χ0) is 17.4. The molecule has 1 saturated heterocycles. The Morgan fingerprint density at radius 1 is 1.21 bits per heavy atom. The van der Waals surface area contributed by atoms with E-state index in [0.717, 1.165) is 11.1 Å². The fraction of sp³-hybridized carbons (Fsp3) is 0.667. The summed E-state index contributed by atoms with van der Waals surface area (Å²) in [5.74, 6) is -0.219. The van der Waals surface area contributed by atoms with Crippen molar-refractivity contribution in [1.82, 2.24) is 0 Å². The number of aryl methyl sites for hydroxylation is 1. The third-order valence-electron chi connectivity index (χ3n) is 6.65. The van der Waals surface area contributed by atoms with Crippen molar-refractivity contribution in [3.63, 3.8) is 0 Å². The SMILES string of the molecule is CCc1oc(=O)cc2c1C[C@H]1OC(=O)[C@@]3(C)[C@@H](O)C[C@@H](O)[C@@]2(C)[C@@H]13. The number of hydrogen-bond acceptors (Lipinski definition) is 6. The lowest BCUT2D eigenvalue weighted by molar-refractivity contribution is -0.160. The molecule has 1 aliphatic heterocycles. The van der Waals surface area contributed by atoms with Crippen LogP contribution in [0.1, 0.15) is 44.1 Å². The largest absolute Gasteiger partial charge is 0.461 e. The summed E-state index contributed by atoms with van der Waals surface area (Å²) in [7, 11) is 0. The van der Waals surface area contributed by atoms with E-state index in [0.29, 0.717) is 18.6 Å². The number of carbonyl (C=O) groups excluding carboxylic acids is 1. The van der Waals surface area contributed by atoms with Crippen molar-refractivity contribution in [3.05, 3.63) is 33.4 Å². The van der Waals surface area contributed by atoms with Gasteiger partial charge in [-0.05, 0) is 18.1 Å². The topological polar surface area (TPSA) is 97.0 Å². The van der Waals surface area contributed by atoms with E-state index in [4.69, 9.17) is 9.15 Å². The van der Waals surface area contributed by atoms with Crippen molar-refractivity contribution in [1.29, 1.82) is 0 Å². The van der Waals surface area contributed by atoms with E-state index in [2.05, 4.69) is 0 Å². The molecule has 3 aliphatic rings. The molecule has 1 aromatic rings. The molecule has 2 aliphatic carbocycles. The summed E-state index contributed by atoms with van der Waals surface area (Å²) in [5, 5.41) is 21.4. The van der Waals surface area contributed by atoms with Crippen LogP contribution in [0.5, 0.6) is 0 Å². The highest BCUT2D eigenvalue weighted by Gasteiger charge is 2.70. The van der Waals surface area contributed by atoms with Gasteiger partial charge in [0.2, 0.25) is 0 Å². The van der Waals surface area contributed by atoms with Crippen LogP contribution in [-0.2, 0) is 27.8 Å². The molecule has 1 saturated carbocycles. The van der Waals surface area contributed by atoms with Crippen LogP contribution in [0.2, 0.25) is 0 Å². The van der Waals surface area contributed by atoms with E-state index in [-0.39, 0.29) is 12.3 Å². The van der Waals surface area contributed by atoms with E-state index in [9.17, 15) is 19.8 Å². The van der Waals surface area contributed by atoms with Gasteiger partial charge in [0, 0.05) is 36.7 Å². The second-order valence-corrected chi connectivity index (χ2v) is 7.69. The average molecular weight is 334 g/mol. The molecule has 0 aromatic carbocycles. The minimum atomic E-state index is -1.07. The molecule has 0 spiro atoms. The molecule has 2 fully saturated rings. The van der Waals surface area contributed by atoms with Crippen LogP contribution in [0.4, 0.5) is 0 Å². The van der Waals surface area contributed by atoms with Gasteiger partial charge in [-0.15, -0.1) is 0 Å². The molecule has 0 bridgehead atoms. The van der Waals surface area contributed by atoms with E-state index in [1.165, 1.54) is 6.07 Å². The van der Waals surface area contributed by atoms with Crippen molar-refractivity contribution in [2.75, 3.05) is 0 Å². The molecule has 2 N–H and O–H groups in total. The highest BCUT2D eigenvalue weighted by molar-refractivity contribution is 5.81. The lowest BCUT2D eigenvalue weighted by atomic mass is 9.48. The molecule has 0 amide bonds. The molecule has 1 aromatic heterocycles. The van der Waals surface area contributed by atoms with Crippen LogP contribution in [0.25, 0.3) is 0 Å². The van der Waals surface area contributed by atoms with Gasteiger partial charge in [0.1, 0.15) is 11.9 Å². The summed E-state index contributed by atoms with van der Waals surface area (Å²) in [5.41, 5.74) is -0.763. The number of hydrogen-bond donors (Lipinski definition) is 2. The quantitative estimate of drug-likeness (QED) is 0.734. The number of esters is 1. The molecule has 0 radical (unpaired) electrons. The van der Waals surface area contributed by atoms with Gasteiger partial charge >= 0.3 is 11.6 Å². The van der Waals surface area contributed by atoms with Gasteiger partial charge in [-0.1, -0.05) is 13.8 Å². The predicted molar refractivity (Wildman–Crippen MR) is 83.5 cm³/mol. The van der Waals surface area contributed by atoms with Crippen molar-refractivity contribution >= 4 is 5.97 Å². The van der Waals surface area contributed by atoms with E-state index < -0.39 is 40.7 Å². The highest BCUT2D eigenvalue weighted by atomic mass is 16.6. The third kappa shape index (κ3) is 1.63. The Morgan fingerprint density at radius 2 is 1.88 bits per heavy atom. The van der Waals surface area contributed by atoms with E-state index in [1.54, 1.807) is 6.92 Å².